The Balaban J connectivity index is 1.76. The van der Waals surface area contributed by atoms with Crippen molar-refractivity contribution >= 4 is 10.0 Å². The molecule has 0 bridgehead atoms. The summed E-state index contributed by atoms with van der Waals surface area (Å²) in [6.45, 7) is 2.08. The topological polar surface area (TPSA) is 92.4 Å². The molecule has 5 nitrogen and oxygen atoms in total. The SMILES string of the molecule is C[C@@H](CC1Cc2ccc(Cc3cc(CNCCO)cc(C(F)(F)F)c3)cc2C1)S(N)(=O)=O. The van der Waals surface area contributed by atoms with E-state index >= 15 is 0 Å². The van der Waals surface area contributed by atoms with Gasteiger partial charge < -0.3 is 10.4 Å². The van der Waals surface area contributed by atoms with Gasteiger partial charge in [-0.15, -0.1) is 0 Å². The summed E-state index contributed by atoms with van der Waals surface area (Å²) in [5.41, 5.74) is 3.58. The normalized spacial score (nSPS) is 17.4. The fourth-order valence-electron chi connectivity index (χ4n) is 4.32. The fraction of sp³-hybridized carbons (Fsp3) is 0.478. The summed E-state index contributed by atoms with van der Waals surface area (Å²) < 4.78 is 63.2. The summed E-state index contributed by atoms with van der Waals surface area (Å²) >= 11 is 0. The standard InChI is InChI=1S/C23H29F3N2O3S/c1-15(32(27,30)31)6-17-10-20-3-2-16(9-21(20)11-17)7-18-8-19(14-28-4-5-29)13-22(12-18)23(24,25)26/h2-3,8-9,12-13,15,17,28-29H,4-7,10-11,14H2,1H3,(H2,27,30,31)/t15-,17?/m0/s1. The van der Waals surface area contributed by atoms with Crippen molar-refractivity contribution in [2.45, 2.75) is 50.6 Å². The number of hydrogen-bond acceptors (Lipinski definition) is 4. The number of rotatable bonds is 9. The molecule has 176 valence electrons. The molecule has 0 radical (unpaired) electrons. The molecule has 0 heterocycles. The number of sulfonamides is 1. The van der Waals surface area contributed by atoms with Crippen LogP contribution in [0.4, 0.5) is 13.2 Å². The summed E-state index contributed by atoms with van der Waals surface area (Å²) in [5.74, 6) is 0.186. The van der Waals surface area contributed by atoms with Crippen LogP contribution >= 0.6 is 0 Å². The maximum atomic E-state index is 13.4. The molecule has 1 aliphatic rings. The highest BCUT2D eigenvalue weighted by molar-refractivity contribution is 7.89. The molecule has 3 rings (SSSR count). The van der Waals surface area contributed by atoms with Gasteiger partial charge in [0.1, 0.15) is 0 Å². The van der Waals surface area contributed by atoms with Crippen LogP contribution in [-0.2, 0) is 42.0 Å². The molecular formula is C23H29F3N2O3S. The zero-order valence-corrected chi connectivity index (χ0v) is 18.8. The van der Waals surface area contributed by atoms with E-state index in [-0.39, 0.29) is 19.1 Å². The van der Waals surface area contributed by atoms with E-state index in [1.165, 1.54) is 6.07 Å². The number of hydrogen-bond donors (Lipinski definition) is 3. The Kier molecular flexibility index (Phi) is 7.65. The van der Waals surface area contributed by atoms with Gasteiger partial charge >= 0.3 is 6.18 Å². The van der Waals surface area contributed by atoms with Crippen LogP contribution in [0.5, 0.6) is 0 Å². The minimum Gasteiger partial charge on any atom is -0.395 e. The molecule has 2 atom stereocenters. The van der Waals surface area contributed by atoms with Crippen molar-refractivity contribution in [3.05, 3.63) is 69.8 Å². The van der Waals surface area contributed by atoms with Crippen molar-refractivity contribution < 1.29 is 26.7 Å². The lowest BCUT2D eigenvalue weighted by molar-refractivity contribution is -0.137. The van der Waals surface area contributed by atoms with Crippen LogP contribution in [0, 0.1) is 5.92 Å². The lowest BCUT2D eigenvalue weighted by atomic mass is 9.97. The van der Waals surface area contributed by atoms with Gasteiger partial charge in [-0.3, -0.25) is 0 Å². The summed E-state index contributed by atoms with van der Waals surface area (Å²) in [6.07, 6.45) is -2.07. The second-order valence-corrected chi connectivity index (χ2v) is 10.6. The van der Waals surface area contributed by atoms with Crippen molar-refractivity contribution in [2.24, 2.45) is 11.1 Å². The smallest absolute Gasteiger partial charge is 0.395 e. The molecule has 2 aromatic rings. The highest BCUT2D eigenvalue weighted by Gasteiger charge is 2.31. The maximum Gasteiger partial charge on any atom is 0.416 e. The zero-order valence-electron chi connectivity index (χ0n) is 18.0. The number of primary sulfonamides is 1. The second kappa shape index (κ2) is 9.91. The fourth-order valence-corrected chi connectivity index (χ4v) is 4.86. The third-order valence-corrected chi connectivity index (χ3v) is 7.23. The van der Waals surface area contributed by atoms with Gasteiger partial charge in [-0.2, -0.15) is 13.2 Å². The largest absolute Gasteiger partial charge is 0.416 e. The third kappa shape index (κ3) is 6.54. The number of halogens is 3. The van der Waals surface area contributed by atoms with Crippen molar-refractivity contribution in [3.8, 4) is 0 Å². The van der Waals surface area contributed by atoms with Gasteiger partial charge in [0, 0.05) is 13.1 Å². The summed E-state index contributed by atoms with van der Waals surface area (Å²) in [6, 6.07) is 10.00. The molecule has 0 aromatic heterocycles. The summed E-state index contributed by atoms with van der Waals surface area (Å²) in [7, 11) is -3.57. The summed E-state index contributed by atoms with van der Waals surface area (Å²) in [5, 5.41) is 16.4. The van der Waals surface area contributed by atoms with E-state index < -0.39 is 27.0 Å². The van der Waals surface area contributed by atoms with E-state index in [0.717, 1.165) is 35.6 Å². The molecule has 0 amide bonds. The molecule has 0 fully saturated rings. The molecule has 1 unspecified atom stereocenters. The monoisotopic (exact) mass is 470 g/mol. The lowest BCUT2D eigenvalue weighted by Crippen LogP contribution is -2.28. The highest BCUT2D eigenvalue weighted by atomic mass is 32.2. The lowest BCUT2D eigenvalue weighted by Gasteiger charge is -2.14. The maximum absolute atomic E-state index is 13.4. The number of nitrogens with two attached hydrogens (primary N) is 1. The Hall–Kier alpha value is -1.94. The Labute approximate surface area is 186 Å². The van der Waals surface area contributed by atoms with Crippen molar-refractivity contribution in [2.75, 3.05) is 13.2 Å². The van der Waals surface area contributed by atoms with Gasteiger partial charge in [-0.05, 0) is 78.5 Å². The van der Waals surface area contributed by atoms with Gasteiger partial charge in [0.15, 0.2) is 0 Å². The van der Waals surface area contributed by atoms with Crippen LogP contribution in [-0.4, -0.2) is 31.9 Å². The van der Waals surface area contributed by atoms with Crippen LogP contribution in [0.3, 0.4) is 0 Å². The van der Waals surface area contributed by atoms with Crippen LogP contribution in [0.25, 0.3) is 0 Å². The van der Waals surface area contributed by atoms with Gasteiger partial charge in [-0.25, -0.2) is 13.6 Å². The minimum absolute atomic E-state index is 0.0854. The van der Waals surface area contributed by atoms with E-state index in [1.807, 2.05) is 18.2 Å². The Morgan fingerprint density at radius 3 is 2.44 bits per heavy atom. The van der Waals surface area contributed by atoms with Crippen molar-refractivity contribution in [1.82, 2.24) is 5.32 Å². The first-order valence-electron chi connectivity index (χ1n) is 10.6. The average Bonchev–Trinajstić information content (AvgIpc) is 3.08. The molecule has 9 heteroatoms. The highest BCUT2D eigenvalue weighted by Crippen LogP contribution is 2.33. The minimum atomic E-state index is -4.44. The van der Waals surface area contributed by atoms with E-state index in [1.54, 1.807) is 13.0 Å². The van der Waals surface area contributed by atoms with Crippen LogP contribution in [0.15, 0.2) is 36.4 Å². The number of alkyl halides is 3. The Morgan fingerprint density at radius 1 is 1.09 bits per heavy atom. The number of benzene rings is 2. The first-order valence-corrected chi connectivity index (χ1v) is 12.2. The number of aliphatic hydroxyl groups excluding tert-OH is 1. The van der Waals surface area contributed by atoms with E-state index in [0.29, 0.717) is 30.5 Å². The average molecular weight is 471 g/mol. The predicted octanol–water partition coefficient (Wildman–Crippen LogP) is 3.16. The molecule has 2 aromatic carbocycles. The van der Waals surface area contributed by atoms with Gasteiger partial charge in [0.2, 0.25) is 10.0 Å². The molecule has 0 saturated carbocycles. The number of aliphatic hydroxyl groups is 1. The Morgan fingerprint density at radius 2 is 1.78 bits per heavy atom. The first kappa shape index (κ1) is 24.7. The van der Waals surface area contributed by atoms with Gasteiger partial charge in [0.05, 0.1) is 17.4 Å². The molecule has 1 aliphatic carbocycles. The molecule has 0 saturated heterocycles. The number of fused-ring (bicyclic) bond motifs is 1. The molecular weight excluding hydrogens is 441 g/mol. The number of nitrogens with one attached hydrogen (secondary N) is 1. The quantitative estimate of drug-likeness (QED) is 0.491. The van der Waals surface area contributed by atoms with Crippen molar-refractivity contribution in [1.29, 1.82) is 0 Å². The molecule has 0 aliphatic heterocycles. The molecule has 4 N–H and O–H groups in total. The van der Waals surface area contributed by atoms with E-state index in [2.05, 4.69) is 5.32 Å². The van der Waals surface area contributed by atoms with Gasteiger partial charge in [-0.1, -0.05) is 24.3 Å². The molecule has 32 heavy (non-hydrogen) atoms. The van der Waals surface area contributed by atoms with Crippen LogP contribution < -0.4 is 10.5 Å². The third-order valence-electron chi connectivity index (χ3n) is 5.92. The van der Waals surface area contributed by atoms with E-state index in [9.17, 15) is 21.6 Å². The molecule has 0 spiro atoms. The van der Waals surface area contributed by atoms with E-state index in [4.69, 9.17) is 10.2 Å². The van der Waals surface area contributed by atoms with Crippen molar-refractivity contribution in [3.63, 3.8) is 0 Å². The zero-order chi connectivity index (χ0) is 23.5. The van der Waals surface area contributed by atoms with Crippen LogP contribution in [0.1, 0.15) is 46.7 Å². The van der Waals surface area contributed by atoms with Gasteiger partial charge in [0.25, 0.3) is 0 Å². The Bertz CT molecular complexity index is 1050. The summed E-state index contributed by atoms with van der Waals surface area (Å²) in [4.78, 5) is 0. The first-order chi connectivity index (χ1) is 15.0. The van der Waals surface area contributed by atoms with Crippen LogP contribution in [0.2, 0.25) is 0 Å². The second-order valence-electron chi connectivity index (χ2n) is 8.63. The predicted molar refractivity (Wildman–Crippen MR) is 118 cm³/mol.